The van der Waals surface area contributed by atoms with E-state index in [2.05, 4.69) is 10.6 Å². The lowest BCUT2D eigenvalue weighted by atomic mass is 9.84. The molecule has 25 heavy (non-hydrogen) atoms. The molecule has 7 heteroatoms. The maximum Gasteiger partial charge on any atom is 0.326 e. The van der Waals surface area contributed by atoms with E-state index in [1.165, 1.54) is 24.2 Å². The summed E-state index contributed by atoms with van der Waals surface area (Å²) in [7, 11) is 0. The summed E-state index contributed by atoms with van der Waals surface area (Å²) in [6.07, 6.45) is 7.61. The molecule has 0 aromatic carbocycles. The lowest BCUT2D eigenvalue weighted by Crippen LogP contribution is -2.57. The van der Waals surface area contributed by atoms with Crippen molar-refractivity contribution in [2.75, 3.05) is 19.6 Å². The Morgan fingerprint density at radius 1 is 1.08 bits per heavy atom. The molecule has 3 N–H and O–H groups in total. The van der Waals surface area contributed by atoms with E-state index in [0.29, 0.717) is 44.8 Å². The second-order valence-corrected chi connectivity index (χ2v) is 7.68. The SMILES string of the molecule is O=C(N[C@@H](CC1CCCCC1)C(=O)N1CCC[C@H]1C(=O)O)C1CNC1. The van der Waals surface area contributed by atoms with Crippen LogP contribution in [0.4, 0.5) is 0 Å². The summed E-state index contributed by atoms with van der Waals surface area (Å²) in [6, 6.07) is -1.33. The van der Waals surface area contributed by atoms with Crippen molar-refractivity contribution in [2.24, 2.45) is 11.8 Å². The third-order valence-corrected chi connectivity index (χ3v) is 5.88. The Labute approximate surface area is 148 Å². The number of carbonyl (C=O) groups is 3. The van der Waals surface area contributed by atoms with Crippen molar-refractivity contribution in [3.05, 3.63) is 0 Å². The monoisotopic (exact) mass is 351 g/mol. The van der Waals surface area contributed by atoms with E-state index >= 15 is 0 Å². The third kappa shape index (κ3) is 4.32. The van der Waals surface area contributed by atoms with Crippen molar-refractivity contribution in [1.82, 2.24) is 15.5 Å². The van der Waals surface area contributed by atoms with Gasteiger partial charge in [0.2, 0.25) is 11.8 Å². The smallest absolute Gasteiger partial charge is 0.326 e. The number of amides is 2. The minimum atomic E-state index is -0.947. The molecule has 7 nitrogen and oxygen atoms in total. The first-order chi connectivity index (χ1) is 12.1. The predicted molar refractivity (Wildman–Crippen MR) is 91.9 cm³/mol. The first kappa shape index (κ1) is 18.2. The molecule has 0 radical (unpaired) electrons. The van der Waals surface area contributed by atoms with Gasteiger partial charge in [-0.25, -0.2) is 4.79 Å². The van der Waals surface area contributed by atoms with Gasteiger partial charge in [-0.05, 0) is 25.2 Å². The molecule has 0 spiro atoms. The van der Waals surface area contributed by atoms with Crippen LogP contribution in [0.3, 0.4) is 0 Å². The van der Waals surface area contributed by atoms with Crippen molar-refractivity contribution in [3.63, 3.8) is 0 Å². The minimum Gasteiger partial charge on any atom is -0.480 e. The van der Waals surface area contributed by atoms with Gasteiger partial charge >= 0.3 is 5.97 Å². The van der Waals surface area contributed by atoms with Crippen molar-refractivity contribution >= 4 is 17.8 Å². The molecular weight excluding hydrogens is 322 g/mol. The molecule has 3 fully saturated rings. The molecule has 0 aromatic rings. The number of hydrogen-bond donors (Lipinski definition) is 3. The number of hydrogen-bond acceptors (Lipinski definition) is 4. The van der Waals surface area contributed by atoms with Crippen LogP contribution in [0.5, 0.6) is 0 Å². The minimum absolute atomic E-state index is 0.0736. The van der Waals surface area contributed by atoms with Crippen LogP contribution >= 0.6 is 0 Å². The summed E-state index contributed by atoms with van der Waals surface area (Å²) in [5.41, 5.74) is 0. The molecule has 3 aliphatic rings. The number of aliphatic carboxylic acids is 1. The topological polar surface area (TPSA) is 98.7 Å². The van der Waals surface area contributed by atoms with E-state index in [-0.39, 0.29) is 17.7 Å². The third-order valence-electron chi connectivity index (χ3n) is 5.88. The zero-order valence-corrected chi connectivity index (χ0v) is 14.7. The maximum atomic E-state index is 13.0. The van der Waals surface area contributed by atoms with Crippen LogP contribution in [0.25, 0.3) is 0 Å². The molecule has 2 saturated heterocycles. The Kier molecular flexibility index (Phi) is 5.93. The number of carboxylic acid groups (broad SMARTS) is 1. The summed E-state index contributed by atoms with van der Waals surface area (Å²) in [6.45, 7) is 1.77. The first-order valence-corrected chi connectivity index (χ1v) is 9.60. The lowest BCUT2D eigenvalue weighted by molar-refractivity contribution is -0.149. The van der Waals surface area contributed by atoms with E-state index in [4.69, 9.17) is 0 Å². The van der Waals surface area contributed by atoms with Crippen molar-refractivity contribution in [2.45, 2.75) is 63.5 Å². The van der Waals surface area contributed by atoms with Gasteiger partial charge in [0.1, 0.15) is 12.1 Å². The molecule has 2 amide bonds. The van der Waals surface area contributed by atoms with E-state index in [9.17, 15) is 19.5 Å². The first-order valence-electron chi connectivity index (χ1n) is 9.60. The molecule has 2 heterocycles. The Hall–Kier alpha value is -1.63. The molecule has 0 unspecified atom stereocenters. The van der Waals surface area contributed by atoms with Crippen LogP contribution < -0.4 is 10.6 Å². The van der Waals surface area contributed by atoms with Crippen LogP contribution in [-0.4, -0.2) is 59.5 Å². The largest absolute Gasteiger partial charge is 0.480 e. The highest BCUT2D eigenvalue weighted by atomic mass is 16.4. The van der Waals surface area contributed by atoms with Gasteiger partial charge in [-0.2, -0.15) is 0 Å². The quantitative estimate of drug-likeness (QED) is 0.655. The van der Waals surface area contributed by atoms with Crippen LogP contribution in [0.2, 0.25) is 0 Å². The average molecular weight is 351 g/mol. The van der Waals surface area contributed by atoms with E-state index in [0.717, 1.165) is 12.8 Å². The van der Waals surface area contributed by atoms with Gasteiger partial charge in [0.15, 0.2) is 0 Å². The summed E-state index contributed by atoms with van der Waals surface area (Å²) < 4.78 is 0. The van der Waals surface area contributed by atoms with Gasteiger partial charge in [0.25, 0.3) is 0 Å². The van der Waals surface area contributed by atoms with Gasteiger partial charge in [-0.1, -0.05) is 32.1 Å². The Balaban J connectivity index is 1.68. The highest BCUT2D eigenvalue weighted by Gasteiger charge is 2.39. The highest BCUT2D eigenvalue weighted by molar-refractivity contribution is 5.91. The molecule has 140 valence electrons. The van der Waals surface area contributed by atoms with E-state index < -0.39 is 18.1 Å². The summed E-state index contributed by atoms with van der Waals surface area (Å²) in [5, 5.41) is 15.4. The number of nitrogens with one attached hydrogen (secondary N) is 2. The molecule has 2 aliphatic heterocycles. The second kappa shape index (κ2) is 8.17. The Morgan fingerprint density at radius 2 is 1.80 bits per heavy atom. The zero-order valence-electron chi connectivity index (χ0n) is 14.7. The normalized spacial score (nSPS) is 26.1. The maximum absolute atomic E-state index is 13.0. The van der Waals surface area contributed by atoms with Crippen LogP contribution in [0, 0.1) is 11.8 Å². The standard InChI is InChI=1S/C18H29N3O4/c22-16(13-10-19-11-13)20-14(9-12-5-2-1-3-6-12)17(23)21-8-4-7-15(21)18(24)25/h12-15,19H,1-11H2,(H,20,22)(H,24,25)/t14-,15-/m0/s1. The molecule has 0 bridgehead atoms. The fraction of sp³-hybridized carbons (Fsp3) is 0.833. The van der Waals surface area contributed by atoms with E-state index in [1.807, 2.05) is 0 Å². The number of likely N-dealkylation sites (tertiary alicyclic amines) is 1. The molecule has 1 saturated carbocycles. The van der Waals surface area contributed by atoms with Crippen molar-refractivity contribution in [3.8, 4) is 0 Å². The average Bonchev–Trinajstić information content (AvgIpc) is 3.02. The summed E-state index contributed by atoms with van der Waals surface area (Å²) in [4.78, 5) is 38.3. The summed E-state index contributed by atoms with van der Waals surface area (Å²) in [5.74, 6) is -0.879. The molecule has 1 aliphatic carbocycles. The molecule has 3 rings (SSSR count). The number of rotatable bonds is 6. The zero-order chi connectivity index (χ0) is 17.8. The second-order valence-electron chi connectivity index (χ2n) is 7.68. The summed E-state index contributed by atoms with van der Waals surface area (Å²) >= 11 is 0. The number of carboxylic acids is 1. The van der Waals surface area contributed by atoms with Gasteiger partial charge < -0.3 is 20.6 Å². The number of carbonyl (C=O) groups excluding carboxylic acids is 2. The molecule has 0 aromatic heterocycles. The molecule has 2 atom stereocenters. The molecular formula is C18H29N3O4. The Morgan fingerprint density at radius 3 is 2.40 bits per heavy atom. The fourth-order valence-corrected chi connectivity index (χ4v) is 4.23. The van der Waals surface area contributed by atoms with Gasteiger partial charge in [0.05, 0.1) is 5.92 Å². The van der Waals surface area contributed by atoms with Crippen LogP contribution in [0.1, 0.15) is 51.4 Å². The fourth-order valence-electron chi connectivity index (χ4n) is 4.23. The van der Waals surface area contributed by atoms with Gasteiger partial charge in [0, 0.05) is 19.6 Å². The van der Waals surface area contributed by atoms with Crippen molar-refractivity contribution in [1.29, 1.82) is 0 Å². The van der Waals surface area contributed by atoms with Gasteiger partial charge in [-0.3, -0.25) is 9.59 Å². The van der Waals surface area contributed by atoms with Crippen molar-refractivity contribution < 1.29 is 19.5 Å². The van der Waals surface area contributed by atoms with Gasteiger partial charge in [-0.15, -0.1) is 0 Å². The van der Waals surface area contributed by atoms with Crippen LogP contribution in [0.15, 0.2) is 0 Å². The Bertz CT molecular complexity index is 514. The number of nitrogens with zero attached hydrogens (tertiary/aromatic N) is 1. The van der Waals surface area contributed by atoms with Crippen LogP contribution in [-0.2, 0) is 14.4 Å². The predicted octanol–water partition coefficient (Wildman–Crippen LogP) is 0.737. The van der Waals surface area contributed by atoms with E-state index in [1.54, 1.807) is 0 Å². The highest BCUT2D eigenvalue weighted by Crippen LogP contribution is 2.29. The lowest BCUT2D eigenvalue weighted by Gasteiger charge is -2.33.